The Kier molecular flexibility index (Phi) is 4.35. The second-order valence-electron chi connectivity index (χ2n) is 3.68. The second-order valence-corrected chi connectivity index (χ2v) is 3.68. The van der Waals surface area contributed by atoms with Gasteiger partial charge in [-0.2, -0.15) is 13.2 Å². The Morgan fingerprint density at radius 1 is 1.50 bits per heavy atom. The van der Waals surface area contributed by atoms with Crippen molar-refractivity contribution in [2.75, 3.05) is 6.54 Å². The van der Waals surface area contributed by atoms with Crippen LogP contribution in [-0.2, 0) is 7.05 Å². The molecule has 1 unspecified atom stereocenters. The van der Waals surface area contributed by atoms with Crippen LogP contribution in [0.3, 0.4) is 0 Å². The van der Waals surface area contributed by atoms with Crippen LogP contribution in [0.4, 0.5) is 13.2 Å². The Labute approximate surface area is 92.7 Å². The molecule has 0 bridgehead atoms. The molecule has 0 fully saturated rings. The highest BCUT2D eigenvalue weighted by molar-refractivity contribution is 4.98. The topological polar surface area (TPSA) is 29.9 Å². The third kappa shape index (κ3) is 3.84. The van der Waals surface area contributed by atoms with Gasteiger partial charge in [0.2, 0.25) is 0 Å². The van der Waals surface area contributed by atoms with E-state index in [1.807, 2.05) is 18.5 Å². The number of nitrogens with zero attached hydrogens (tertiary/aromatic N) is 2. The van der Waals surface area contributed by atoms with E-state index in [4.69, 9.17) is 0 Å². The molecular weight excluding hydrogens is 219 g/mol. The van der Waals surface area contributed by atoms with Gasteiger partial charge in [0, 0.05) is 26.0 Å². The number of alkyl halides is 3. The molecule has 0 radical (unpaired) electrons. The van der Waals surface area contributed by atoms with Crippen molar-refractivity contribution < 1.29 is 13.2 Å². The smallest absolute Gasteiger partial charge is 0.337 e. The van der Waals surface area contributed by atoms with Crippen molar-refractivity contribution in [1.29, 1.82) is 0 Å². The molecule has 1 rings (SSSR count). The van der Waals surface area contributed by atoms with E-state index in [0.717, 1.165) is 5.82 Å². The first-order valence-electron chi connectivity index (χ1n) is 5.21. The van der Waals surface area contributed by atoms with Crippen LogP contribution in [0.2, 0.25) is 0 Å². The van der Waals surface area contributed by atoms with Crippen LogP contribution in [0.1, 0.15) is 31.6 Å². The van der Waals surface area contributed by atoms with Crippen molar-refractivity contribution in [1.82, 2.24) is 14.9 Å². The molecule has 0 saturated heterocycles. The zero-order valence-electron chi connectivity index (χ0n) is 9.38. The fourth-order valence-electron chi connectivity index (χ4n) is 1.52. The van der Waals surface area contributed by atoms with Crippen LogP contribution in [0.15, 0.2) is 12.4 Å². The van der Waals surface area contributed by atoms with E-state index in [1.165, 1.54) is 0 Å². The number of nitrogens with one attached hydrogen (secondary N) is 1. The van der Waals surface area contributed by atoms with Crippen LogP contribution in [0.25, 0.3) is 0 Å². The summed E-state index contributed by atoms with van der Waals surface area (Å²) in [6.45, 7) is 1.84. The first-order valence-corrected chi connectivity index (χ1v) is 5.21. The summed E-state index contributed by atoms with van der Waals surface area (Å²) in [4.78, 5) is 4.12. The average Bonchev–Trinajstić information content (AvgIpc) is 2.58. The van der Waals surface area contributed by atoms with Crippen molar-refractivity contribution in [3.8, 4) is 0 Å². The minimum Gasteiger partial charge on any atom is -0.337 e. The van der Waals surface area contributed by atoms with Gasteiger partial charge in [0.05, 0.1) is 12.5 Å². The minimum absolute atomic E-state index is 0.0745. The van der Waals surface area contributed by atoms with Crippen LogP contribution >= 0.6 is 0 Å². The molecule has 0 saturated carbocycles. The van der Waals surface area contributed by atoms with E-state index in [0.29, 0.717) is 6.42 Å². The quantitative estimate of drug-likeness (QED) is 0.849. The molecule has 1 heterocycles. The van der Waals surface area contributed by atoms with Crippen LogP contribution in [0, 0.1) is 0 Å². The summed E-state index contributed by atoms with van der Waals surface area (Å²) in [6, 6.07) is -0.123. The maximum absolute atomic E-state index is 12.0. The minimum atomic E-state index is -4.10. The summed E-state index contributed by atoms with van der Waals surface area (Å²) in [5, 5.41) is 2.87. The third-order valence-corrected chi connectivity index (χ3v) is 2.38. The van der Waals surface area contributed by atoms with Gasteiger partial charge < -0.3 is 9.88 Å². The molecular formula is C10H16F3N3. The maximum Gasteiger partial charge on any atom is 0.390 e. The van der Waals surface area contributed by atoms with E-state index in [-0.39, 0.29) is 12.6 Å². The summed E-state index contributed by atoms with van der Waals surface area (Å²) in [5.74, 6) is 0.768. The predicted octanol–water partition coefficient (Wildman–Crippen LogP) is 2.41. The Hall–Kier alpha value is -1.04. The third-order valence-electron chi connectivity index (χ3n) is 2.38. The highest BCUT2D eigenvalue weighted by atomic mass is 19.4. The van der Waals surface area contributed by atoms with Crippen LogP contribution < -0.4 is 5.32 Å². The molecule has 16 heavy (non-hydrogen) atoms. The lowest BCUT2D eigenvalue weighted by Crippen LogP contribution is -2.27. The lowest BCUT2D eigenvalue weighted by molar-refractivity contribution is -0.133. The SMILES string of the molecule is CCC(NCCC(F)(F)F)c1nccn1C. The van der Waals surface area contributed by atoms with Gasteiger partial charge in [0.15, 0.2) is 0 Å². The first-order chi connectivity index (χ1) is 7.44. The van der Waals surface area contributed by atoms with Crippen molar-refractivity contribution in [3.63, 3.8) is 0 Å². The van der Waals surface area contributed by atoms with E-state index >= 15 is 0 Å². The molecule has 1 atom stereocenters. The highest BCUT2D eigenvalue weighted by Gasteiger charge is 2.27. The van der Waals surface area contributed by atoms with Crippen molar-refractivity contribution in [2.24, 2.45) is 7.05 Å². The fraction of sp³-hybridized carbons (Fsp3) is 0.700. The van der Waals surface area contributed by atoms with Gasteiger partial charge in [-0.15, -0.1) is 0 Å². The molecule has 0 amide bonds. The van der Waals surface area contributed by atoms with Gasteiger partial charge in [-0.05, 0) is 6.42 Å². The number of imidazole rings is 1. The lowest BCUT2D eigenvalue weighted by atomic mass is 10.2. The maximum atomic E-state index is 12.0. The lowest BCUT2D eigenvalue weighted by Gasteiger charge is -2.17. The summed E-state index contributed by atoms with van der Waals surface area (Å²) in [7, 11) is 1.83. The number of aromatic nitrogens is 2. The molecule has 1 N–H and O–H groups in total. The molecule has 0 aliphatic heterocycles. The molecule has 1 aromatic heterocycles. The van der Waals surface area contributed by atoms with E-state index < -0.39 is 12.6 Å². The Morgan fingerprint density at radius 2 is 2.19 bits per heavy atom. The number of rotatable bonds is 5. The number of hydrogen-bond acceptors (Lipinski definition) is 2. The zero-order valence-corrected chi connectivity index (χ0v) is 9.38. The van der Waals surface area contributed by atoms with Gasteiger partial charge in [0.1, 0.15) is 5.82 Å². The normalized spacial score (nSPS) is 14.1. The number of halogens is 3. The average molecular weight is 235 g/mol. The molecule has 6 heteroatoms. The summed E-state index contributed by atoms with van der Waals surface area (Å²) < 4.78 is 37.7. The Bertz CT molecular complexity index is 319. The van der Waals surface area contributed by atoms with E-state index in [2.05, 4.69) is 10.3 Å². The predicted molar refractivity (Wildman–Crippen MR) is 54.9 cm³/mol. The second kappa shape index (κ2) is 5.34. The van der Waals surface area contributed by atoms with Crippen LogP contribution in [-0.4, -0.2) is 22.3 Å². The largest absolute Gasteiger partial charge is 0.390 e. The first kappa shape index (κ1) is 13.0. The summed E-state index contributed by atoms with van der Waals surface area (Å²) in [5.41, 5.74) is 0. The summed E-state index contributed by atoms with van der Waals surface area (Å²) in [6.07, 6.45) is -0.781. The number of hydrogen-bond donors (Lipinski definition) is 1. The van der Waals surface area contributed by atoms with Gasteiger partial charge in [-0.25, -0.2) is 4.98 Å². The van der Waals surface area contributed by atoms with Gasteiger partial charge in [-0.1, -0.05) is 6.92 Å². The molecule has 1 aromatic rings. The molecule has 0 aliphatic rings. The fourth-order valence-corrected chi connectivity index (χ4v) is 1.52. The van der Waals surface area contributed by atoms with Gasteiger partial charge in [0.25, 0.3) is 0 Å². The van der Waals surface area contributed by atoms with Gasteiger partial charge in [-0.3, -0.25) is 0 Å². The van der Waals surface area contributed by atoms with Crippen molar-refractivity contribution in [2.45, 2.75) is 32.0 Å². The monoisotopic (exact) mass is 235 g/mol. The van der Waals surface area contributed by atoms with E-state index in [1.54, 1.807) is 12.4 Å². The number of aryl methyl sites for hydroxylation is 1. The zero-order chi connectivity index (χ0) is 12.2. The molecule has 0 aliphatic carbocycles. The molecule has 0 spiro atoms. The summed E-state index contributed by atoms with van der Waals surface area (Å²) >= 11 is 0. The Balaban J connectivity index is 2.48. The Morgan fingerprint density at radius 3 is 2.62 bits per heavy atom. The van der Waals surface area contributed by atoms with Crippen molar-refractivity contribution in [3.05, 3.63) is 18.2 Å². The molecule has 92 valence electrons. The van der Waals surface area contributed by atoms with Crippen molar-refractivity contribution >= 4 is 0 Å². The highest BCUT2D eigenvalue weighted by Crippen LogP contribution is 2.20. The van der Waals surface area contributed by atoms with E-state index in [9.17, 15) is 13.2 Å². The molecule has 3 nitrogen and oxygen atoms in total. The standard InChI is InChI=1S/C10H16F3N3/c1-3-8(9-15-6-7-16(9)2)14-5-4-10(11,12)13/h6-8,14H,3-5H2,1-2H3. The van der Waals surface area contributed by atoms with Gasteiger partial charge >= 0.3 is 6.18 Å². The molecule has 0 aromatic carbocycles. The van der Waals surface area contributed by atoms with Crippen LogP contribution in [0.5, 0.6) is 0 Å².